The van der Waals surface area contributed by atoms with Crippen LogP contribution < -0.4 is 10.1 Å². The predicted octanol–water partition coefficient (Wildman–Crippen LogP) is 3.75. The van der Waals surface area contributed by atoms with Crippen molar-refractivity contribution in [2.45, 2.75) is 45.1 Å². The maximum absolute atomic E-state index is 12.2. The Labute approximate surface area is 166 Å². The van der Waals surface area contributed by atoms with Crippen molar-refractivity contribution in [1.82, 2.24) is 5.32 Å². The van der Waals surface area contributed by atoms with Crippen LogP contribution in [-0.2, 0) is 27.2 Å². The Hall–Kier alpha value is -2.82. The van der Waals surface area contributed by atoms with Crippen LogP contribution in [0.5, 0.6) is 5.75 Å². The van der Waals surface area contributed by atoms with E-state index >= 15 is 0 Å². The minimum absolute atomic E-state index is 0.00535. The summed E-state index contributed by atoms with van der Waals surface area (Å²) in [6.07, 6.45) is 3.73. The van der Waals surface area contributed by atoms with Crippen LogP contribution >= 0.6 is 0 Å². The number of ether oxygens (including phenoxy) is 2. The molecule has 5 heteroatoms. The largest absolute Gasteiger partial charge is 0.494 e. The van der Waals surface area contributed by atoms with Crippen LogP contribution in [0.25, 0.3) is 0 Å². The maximum Gasteiger partial charge on any atom is 0.306 e. The molecule has 1 aliphatic carbocycles. The van der Waals surface area contributed by atoms with E-state index in [4.69, 9.17) is 9.47 Å². The number of carbonyl (C=O) groups is 2. The van der Waals surface area contributed by atoms with Crippen molar-refractivity contribution < 1.29 is 19.1 Å². The van der Waals surface area contributed by atoms with Crippen LogP contribution in [0.3, 0.4) is 0 Å². The number of hydrogen-bond acceptors (Lipinski definition) is 4. The molecule has 0 bridgehead atoms. The van der Waals surface area contributed by atoms with Crippen LogP contribution in [0.2, 0.25) is 0 Å². The Bertz CT molecular complexity index is 818. The molecular formula is C23H27NO4. The second-order valence-corrected chi connectivity index (χ2v) is 6.91. The normalized spacial score (nSPS) is 15.4. The second-order valence-electron chi connectivity index (χ2n) is 6.91. The van der Waals surface area contributed by atoms with Crippen LogP contribution in [0.4, 0.5) is 0 Å². The first-order chi connectivity index (χ1) is 13.7. The lowest BCUT2D eigenvalue weighted by atomic mass is 9.88. The van der Waals surface area contributed by atoms with Gasteiger partial charge < -0.3 is 14.8 Å². The van der Waals surface area contributed by atoms with Gasteiger partial charge in [0.05, 0.1) is 12.6 Å². The zero-order valence-electron chi connectivity index (χ0n) is 16.3. The molecule has 0 saturated heterocycles. The smallest absolute Gasteiger partial charge is 0.306 e. The molecule has 0 heterocycles. The highest BCUT2D eigenvalue weighted by atomic mass is 16.5. The number of carbonyl (C=O) groups excluding carboxylic acids is 2. The van der Waals surface area contributed by atoms with Gasteiger partial charge in [0, 0.05) is 6.42 Å². The van der Waals surface area contributed by atoms with E-state index in [0.29, 0.717) is 13.0 Å². The maximum atomic E-state index is 12.2. The minimum Gasteiger partial charge on any atom is -0.494 e. The molecule has 0 spiro atoms. The second kappa shape index (κ2) is 9.93. The van der Waals surface area contributed by atoms with Gasteiger partial charge in [0.1, 0.15) is 5.75 Å². The highest BCUT2D eigenvalue weighted by molar-refractivity contribution is 5.81. The summed E-state index contributed by atoms with van der Waals surface area (Å²) < 4.78 is 10.7. The van der Waals surface area contributed by atoms with Crippen molar-refractivity contribution in [2.24, 2.45) is 0 Å². The minimum atomic E-state index is -0.384. The van der Waals surface area contributed by atoms with E-state index in [1.165, 1.54) is 11.1 Å². The summed E-state index contributed by atoms with van der Waals surface area (Å²) in [6.45, 7) is 2.25. The molecule has 3 rings (SSSR count). The van der Waals surface area contributed by atoms with Crippen molar-refractivity contribution in [3.8, 4) is 5.75 Å². The molecule has 1 N–H and O–H groups in total. The Morgan fingerprint density at radius 2 is 1.89 bits per heavy atom. The van der Waals surface area contributed by atoms with Crippen molar-refractivity contribution in [1.29, 1.82) is 0 Å². The van der Waals surface area contributed by atoms with Crippen LogP contribution in [-0.4, -0.2) is 25.1 Å². The van der Waals surface area contributed by atoms with Gasteiger partial charge in [-0.15, -0.1) is 0 Å². The lowest BCUT2D eigenvalue weighted by molar-refractivity contribution is -0.148. The number of aryl methyl sites for hydroxylation is 2. The number of fused-ring (bicyclic) bond motifs is 1. The molecule has 0 radical (unpaired) electrons. The van der Waals surface area contributed by atoms with Gasteiger partial charge in [0.2, 0.25) is 0 Å². The van der Waals surface area contributed by atoms with E-state index in [1.54, 1.807) is 0 Å². The monoisotopic (exact) mass is 381 g/mol. The molecule has 0 fully saturated rings. The lowest BCUT2D eigenvalue weighted by Crippen LogP contribution is -2.34. The molecular weight excluding hydrogens is 354 g/mol. The van der Waals surface area contributed by atoms with Crippen LogP contribution in [0.1, 0.15) is 48.9 Å². The van der Waals surface area contributed by atoms with Gasteiger partial charge in [-0.1, -0.05) is 42.5 Å². The molecule has 1 aliphatic rings. The van der Waals surface area contributed by atoms with Crippen LogP contribution in [0, 0.1) is 0 Å². The average molecular weight is 381 g/mol. The standard InChI is InChI=1S/C23H27NO4/c1-2-27-21-13-6-4-9-18(21)14-15-23(26)28-16-22(25)24-20-12-7-10-17-8-3-5-11-19(17)20/h3-6,8-9,11,13,20H,2,7,10,12,14-16H2,1H3,(H,24,25)/t20-/m0/s1. The van der Waals surface area contributed by atoms with Gasteiger partial charge in [-0.05, 0) is 55.4 Å². The third-order valence-electron chi connectivity index (χ3n) is 4.94. The molecule has 0 aliphatic heterocycles. The molecule has 0 saturated carbocycles. The van der Waals surface area contributed by atoms with Crippen LogP contribution in [0.15, 0.2) is 48.5 Å². The summed E-state index contributed by atoms with van der Waals surface area (Å²) in [5, 5.41) is 2.99. The Morgan fingerprint density at radius 3 is 2.75 bits per heavy atom. The molecule has 2 aromatic rings. The summed E-state index contributed by atoms with van der Waals surface area (Å²) in [7, 11) is 0. The number of para-hydroxylation sites is 1. The van der Waals surface area contributed by atoms with E-state index in [0.717, 1.165) is 30.6 Å². The van der Waals surface area contributed by atoms with Gasteiger partial charge in [-0.25, -0.2) is 0 Å². The fourth-order valence-corrected chi connectivity index (χ4v) is 3.60. The Balaban J connectivity index is 1.45. The summed E-state index contributed by atoms with van der Waals surface area (Å²) in [5.41, 5.74) is 3.41. The SMILES string of the molecule is CCOc1ccccc1CCC(=O)OCC(=O)N[C@H]1CCCc2ccccc21. The summed E-state index contributed by atoms with van der Waals surface area (Å²) in [6, 6.07) is 15.8. The number of benzene rings is 2. The number of esters is 1. The molecule has 0 aromatic heterocycles. The fourth-order valence-electron chi connectivity index (χ4n) is 3.60. The number of rotatable bonds is 8. The van der Waals surface area contributed by atoms with E-state index in [9.17, 15) is 9.59 Å². The summed E-state index contributed by atoms with van der Waals surface area (Å²) in [4.78, 5) is 24.3. The average Bonchev–Trinajstić information content (AvgIpc) is 2.72. The molecule has 1 amide bonds. The lowest BCUT2D eigenvalue weighted by Gasteiger charge is -2.26. The fraction of sp³-hybridized carbons (Fsp3) is 0.391. The highest BCUT2D eigenvalue weighted by Crippen LogP contribution is 2.29. The Morgan fingerprint density at radius 1 is 1.11 bits per heavy atom. The summed E-state index contributed by atoms with van der Waals surface area (Å²) >= 11 is 0. The van der Waals surface area contributed by atoms with Gasteiger partial charge in [0.15, 0.2) is 6.61 Å². The molecule has 5 nitrogen and oxygen atoms in total. The molecule has 0 unspecified atom stereocenters. The molecule has 28 heavy (non-hydrogen) atoms. The first kappa shape index (κ1) is 19.9. The molecule has 2 aromatic carbocycles. The first-order valence-corrected chi connectivity index (χ1v) is 9.91. The Kier molecular flexibility index (Phi) is 7.06. The third-order valence-corrected chi connectivity index (χ3v) is 4.94. The topological polar surface area (TPSA) is 64.6 Å². The summed E-state index contributed by atoms with van der Waals surface area (Å²) in [5.74, 6) is 0.141. The zero-order chi connectivity index (χ0) is 19.8. The van der Waals surface area contributed by atoms with Crippen molar-refractivity contribution in [3.63, 3.8) is 0 Å². The number of hydrogen-bond donors (Lipinski definition) is 1. The van der Waals surface area contributed by atoms with Gasteiger partial charge in [-0.2, -0.15) is 0 Å². The van der Waals surface area contributed by atoms with Crippen molar-refractivity contribution >= 4 is 11.9 Å². The third kappa shape index (κ3) is 5.35. The molecule has 1 atom stereocenters. The molecule has 148 valence electrons. The van der Waals surface area contributed by atoms with Gasteiger partial charge in [0.25, 0.3) is 5.91 Å². The van der Waals surface area contributed by atoms with E-state index < -0.39 is 0 Å². The van der Waals surface area contributed by atoms with Crippen molar-refractivity contribution in [3.05, 3.63) is 65.2 Å². The van der Waals surface area contributed by atoms with E-state index in [-0.39, 0.29) is 30.9 Å². The number of amides is 1. The number of nitrogens with one attached hydrogen (secondary N) is 1. The highest BCUT2D eigenvalue weighted by Gasteiger charge is 2.21. The zero-order valence-corrected chi connectivity index (χ0v) is 16.3. The first-order valence-electron chi connectivity index (χ1n) is 9.91. The van der Waals surface area contributed by atoms with E-state index in [1.807, 2.05) is 43.3 Å². The van der Waals surface area contributed by atoms with Crippen molar-refractivity contribution in [2.75, 3.05) is 13.2 Å². The van der Waals surface area contributed by atoms with Gasteiger partial charge >= 0.3 is 5.97 Å². The quantitative estimate of drug-likeness (QED) is 0.707. The van der Waals surface area contributed by atoms with E-state index in [2.05, 4.69) is 17.4 Å². The predicted molar refractivity (Wildman–Crippen MR) is 107 cm³/mol. The van der Waals surface area contributed by atoms with Gasteiger partial charge in [-0.3, -0.25) is 9.59 Å².